The van der Waals surface area contributed by atoms with E-state index in [4.69, 9.17) is 24.3 Å². The molecule has 0 aliphatic heterocycles. The normalized spacial score (nSPS) is 13.2. The number of nitrogens with two attached hydrogens (primary N) is 1. The molecule has 0 bridgehead atoms. The van der Waals surface area contributed by atoms with Gasteiger partial charge < -0.3 is 20.1 Å². The summed E-state index contributed by atoms with van der Waals surface area (Å²) in [5.41, 5.74) is 5.39. The van der Waals surface area contributed by atoms with E-state index in [1.807, 2.05) is 0 Å². The largest absolute Gasteiger partial charge is 0.472 e. The van der Waals surface area contributed by atoms with Crippen molar-refractivity contribution in [2.24, 2.45) is 5.73 Å². The van der Waals surface area contributed by atoms with Crippen LogP contribution in [0.1, 0.15) is 271 Å². The molecule has 0 aromatic rings. The first-order valence-electron chi connectivity index (χ1n) is 25.5. The molecule has 0 radical (unpaired) electrons. The molecule has 2 atom stereocenters. The Morgan fingerprint density at radius 2 is 0.759 bits per heavy atom. The number of ether oxygens (including phenoxy) is 2. The lowest BCUT2D eigenvalue weighted by Gasteiger charge is -2.20. The minimum absolute atomic E-state index is 0.0897. The molecule has 0 aliphatic carbocycles. The summed E-state index contributed by atoms with van der Waals surface area (Å²) >= 11 is 0. The Labute approximate surface area is 361 Å². The van der Waals surface area contributed by atoms with Gasteiger partial charge in [0.25, 0.3) is 0 Å². The molecule has 0 aromatic heterocycles. The minimum atomic E-state index is -4.27. The van der Waals surface area contributed by atoms with E-state index in [9.17, 15) is 14.3 Å². The Balaban J connectivity index is 3.88. The first kappa shape index (κ1) is 57.5. The number of phosphoric acid groups is 1. The molecule has 0 aliphatic rings. The van der Waals surface area contributed by atoms with Crippen LogP contribution in [0.15, 0.2) is 0 Å². The van der Waals surface area contributed by atoms with E-state index < -0.39 is 13.9 Å². The van der Waals surface area contributed by atoms with Crippen molar-refractivity contribution in [3.63, 3.8) is 0 Å². The zero-order chi connectivity index (χ0) is 42.3. The van der Waals surface area contributed by atoms with Crippen molar-refractivity contribution in [2.75, 3.05) is 33.0 Å². The summed E-state index contributed by atoms with van der Waals surface area (Å²) in [7, 11) is -4.27. The average molecular weight is 846 g/mol. The van der Waals surface area contributed by atoms with E-state index in [1.54, 1.807) is 0 Å². The third-order valence-corrected chi connectivity index (χ3v) is 12.5. The lowest BCUT2D eigenvalue weighted by Crippen LogP contribution is -2.28. The molecular weight excluding hydrogens is 746 g/mol. The highest BCUT2D eigenvalue weighted by Crippen LogP contribution is 2.43. The molecule has 3 N–H and O–H groups in total. The molecule has 0 fully saturated rings. The Hall–Kier alpha value is -0.500. The first-order chi connectivity index (χ1) is 28.4. The Morgan fingerprint density at radius 1 is 0.448 bits per heavy atom. The maximum atomic E-state index is 12.6. The van der Waals surface area contributed by atoms with E-state index >= 15 is 0 Å². The fourth-order valence-electron chi connectivity index (χ4n) is 7.77. The molecular formula is C49H100NO7P. The van der Waals surface area contributed by atoms with Gasteiger partial charge >= 0.3 is 13.8 Å². The third-order valence-electron chi connectivity index (χ3n) is 11.5. The van der Waals surface area contributed by atoms with Crippen molar-refractivity contribution < 1.29 is 32.8 Å². The van der Waals surface area contributed by atoms with E-state index in [0.29, 0.717) is 13.0 Å². The smallest absolute Gasteiger partial charge is 0.457 e. The van der Waals surface area contributed by atoms with Crippen molar-refractivity contribution >= 4 is 13.8 Å². The lowest BCUT2D eigenvalue weighted by atomic mass is 10.0. The van der Waals surface area contributed by atoms with Gasteiger partial charge in [-0.2, -0.15) is 0 Å². The summed E-state index contributed by atoms with van der Waals surface area (Å²) in [6.07, 6.45) is 51.3. The van der Waals surface area contributed by atoms with E-state index in [0.717, 1.165) is 32.1 Å². The average Bonchev–Trinajstić information content (AvgIpc) is 3.21. The second-order valence-corrected chi connectivity index (χ2v) is 18.9. The zero-order valence-corrected chi connectivity index (χ0v) is 39.7. The van der Waals surface area contributed by atoms with E-state index in [2.05, 4.69) is 13.8 Å². The fraction of sp³-hybridized carbons (Fsp3) is 0.980. The standard InChI is InChI=1S/C49H100NO7P/c1-3-5-7-9-11-13-15-17-19-21-23-25-27-29-31-33-35-37-39-41-44-54-46-48(47-56-58(52,53)55-45-43-50)57-49(51)42-40-38-36-34-32-30-28-26-24-22-20-18-16-14-12-10-8-6-4-2/h48H,3-47,50H2,1-2H3,(H,52,53). The summed E-state index contributed by atoms with van der Waals surface area (Å²) in [4.78, 5) is 22.6. The van der Waals surface area contributed by atoms with Gasteiger partial charge in [0.2, 0.25) is 0 Å². The highest BCUT2D eigenvalue weighted by Gasteiger charge is 2.25. The fourth-order valence-corrected chi connectivity index (χ4v) is 8.53. The van der Waals surface area contributed by atoms with Gasteiger partial charge in [-0.3, -0.25) is 13.8 Å². The second kappa shape index (κ2) is 47.5. The van der Waals surface area contributed by atoms with Crippen LogP contribution in [0.5, 0.6) is 0 Å². The molecule has 0 amide bonds. The van der Waals surface area contributed by atoms with Gasteiger partial charge in [-0.05, 0) is 12.8 Å². The topological polar surface area (TPSA) is 117 Å². The van der Waals surface area contributed by atoms with Crippen LogP contribution in [0, 0.1) is 0 Å². The molecule has 0 heterocycles. The molecule has 58 heavy (non-hydrogen) atoms. The SMILES string of the molecule is CCCCCCCCCCCCCCCCCCCCCCOCC(COP(=O)(O)OCCN)OC(=O)CCCCCCCCCCCCCCCCCCCCC. The Kier molecular flexibility index (Phi) is 47.1. The number of rotatable bonds is 50. The van der Waals surface area contributed by atoms with Gasteiger partial charge in [0, 0.05) is 19.6 Å². The number of phosphoric ester groups is 1. The minimum Gasteiger partial charge on any atom is -0.457 e. The summed E-state index contributed by atoms with van der Waals surface area (Å²) in [6, 6.07) is 0. The van der Waals surface area contributed by atoms with Gasteiger partial charge in [0.1, 0.15) is 6.10 Å². The van der Waals surface area contributed by atoms with Crippen LogP contribution < -0.4 is 5.73 Å². The van der Waals surface area contributed by atoms with Crippen molar-refractivity contribution in [3.8, 4) is 0 Å². The number of esters is 1. The summed E-state index contributed by atoms with van der Waals surface area (Å²) in [6.45, 7) is 5.01. The van der Waals surface area contributed by atoms with Gasteiger partial charge in [-0.15, -0.1) is 0 Å². The summed E-state index contributed by atoms with van der Waals surface area (Å²) in [5, 5.41) is 0. The second-order valence-electron chi connectivity index (χ2n) is 17.4. The van der Waals surface area contributed by atoms with Crippen LogP contribution in [-0.4, -0.2) is 49.9 Å². The van der Waals surface area contributed by atoms with Gasteiger partial charge in [-0.25, -0.2) is 4.57 Å². The molecule has 0 rings (SSSR count). The highest BCUT2D eigenvalue weighted by atomic mass is 31.2. The molecule has 0 saturated heterocycles. The molecule has 0 saturated carbocycles. The number of hydrogen-bond donors (Lipinski definition) is 2. The predicted octanol–water partition coefficient (Wildman–Crippen LogP) is 15.7. The maximum absolute atomic E-state index is 12.6. The van der Waals surface area contributed by atoms with E-state index in [-0.39, 0.29) is 32.3 Å². The summed E-state index contributed by atoms with van der Waals surface area (Å²) < 4.78 is 33.6. The molecule has 8 nitrogen and oxygen atoms in total. The molecule has 2 unspecified atom stereocenters. The van der Waals surface area contributed by atoms with Crippen molar-refractivity contribution in [1.82, 2.24) is 0 Å². The zero-order valence-electron chi connectivity index (χ0n) is 38.8. The van der Waals surface area contributed by atoms with Crippen molar-refractivity contribution in [3.05, 3.63) is 0 Å². The Morgan fingerprint density at radius 3 is 1.09 bits per heavy atom. The van der Waals surface area contributed by atoms with Crippen LogP contribution in [0.4, 0.5) is 0 Å². The third kappa shape index (κ3) is 46.6. The van der Waals surface area contributed by atoms with E-state index in [1.165, 1.54) is 218 Å². The molecule has 0 spiro atoms. The van der Waals surface area contributed by atoms with Crippen molar-refractivity contribution in [2.45, 2.75) is 277 Å². The lowest BCUT2D eigenvalue weighted by molar-refractivity contribution is -0.154. The van der Waals surface area contributed by atoms with Crippen LogP contribution in [0.25, 0.3) is 0 Å². The number of carbonyl (C=O) groups excluding carboxylic acids is 1. The van der Waals surface area contributed by atoms with Crippen LogP contribution in [0.3, 0.4) is 0 Å². The molecule has 0 aromatic carbocycles. The van der Waals surface area contributed by atoms with Gasteiger partial charge in [0.15, 0.2) is 0 Å². The molecule has 9 heteroatoms. The van der Waals surface area contributed by atoms with Crippen LogP contribution >= 0.6 is 7.82 Å². The number of carbonyl (C=O) groups is 1. The monoisotopic (exact) mass is 846 g/mol. The highest BCUT2D eigenvalue weighted by molar-refractivity contribution is 7.47. The molecule has 348 valence electrons. The maximum Gasteiger partial charge on any atom is 0.472 e. The quantitative estimate of drug-likeness (QED) is 0.0353. The predicted molar refractivity (Wildman–Crippen MR) is 248 cm³/mol. The van der Waals surface area contributed by atoms with Crippen molar-refractivity contribution in [1.29, 1.82) is 0 Å². The number of hydrogen-bond acceptors (Lipinski definition) is 7. The summed E-state index contributed by atoms with van der Waals surface area (Å²) in [5.74, 6) is -0.321. The van der Waals surface area contributed by atoms with Gasteiger partial charge in [0.05, 0.1) is 19.8 Å². The van der Waals surface area contributed by atoms with Gasteiger partial charge in [-0.1, -0.05) is 251 Å². The Bertz CT molecular complexity index is 863. The number of unbranched alkanes of at least 4 members (excludes halogenated alkanes) is 37. The van der Waals surface area contributed by atoms with Crippen LogP contribution in [0.2, 0.25) is 0 Å². The van der Waals surface area contributed by atoms with Crippen LogP contribution in [-0.2, 0) is 27.9 Å². The first-order valence-corrected chi connectivity index (χ1v) is 27.0.